The third-order valence-corrected chi connectivity index (χ3v) is 4.99. The van der Waals surface area contributed by atoms with E-state index in [-0.39, 0.29) is 46.5 Å². The zero-order valence-electron chi connectivity index (χ0n) is 19.6. The van der Waals surface area contributed by atoms with Gasteiger partial charge in [-0.25, -0.2) is 4.79 Å². The third kappa shape index (κ3) is 6.83. The summed E-state index contributed by atoms with van der Waals surface area (Å²) in [7, 11) is 2.82. The van der Waals surface area contributed by atoms with E-state index in [2.05, 4.69) is 0 Å². The fourth-order valence-corrected chi connectivity index (χ4v) is 3.14. The molecule has 0 bridgehead atoms. The number of hydrogen-bond acceptors (Lipinski definition) is 8. The number of carbonyl (C=O) groups excluding carboxylic acids is 3. The summed E-state index contributed by atoms with van der Waals surface area (Å²) in [6, 6.07) is 15.3. The van der Waals surface area contributed by atoms with Gasteiger partial charge in [-0.15, -0.1) is 0 Å². The molecule has 36 heavy (non-hydrogen) atoms. The monoisotopic (exact) mass is 488 g/mol. The molecule has 0 fully saturated rings. The van der Waals surface area contributed by atoms with Gasteiger partial charge in [0.2, 0.25) is 0 Å². The maximum Gasteiger partial charge on any atom is 0.347 e. The highest BCUT2D eigenvalue weighted by molar-refractivity contribution is 6.10. The molecule has 0 aliphatic heterocycles. The van der Waals surface area contributed by atoms with Crippen molar-refractivity contribution in [2.45, 2.75) is 6.42 Å². The van der Waals surface area contributed by atoms with E-state index in [0.717, 1.165) is 0 Å². The van der Waals surface area contributed by atoms with Gasteiger partial charge in [0.05, 0.1) is 20.6 Å². The Bertz CT molecular complexity index is 1340. The smallest absolute Gasteiger partial charge is 0.347 e. The summed E-state index contributed by atoms with van der Waals surface area (Å²) in [6.07, 6.45) is 5.28. The molecular formula is C28H24O8. The number of allylic oxidation sites excluding steroid dienone is 2. The summed E-state index contributed by atoms with van der Waals surface area (Å²) in [5.41, 5.74) is 1.23. The van der Waals surface area contributed by atoms with Crippen LogP contribution in [0.4, 0.5) is 0 Å². The van der Waals surface area contributed by atoms with Gasteiger partial charge in [0, 0.05) is 0 Å². The highest BCUT2D eigenvalue weighted by atomic mass is 16.6. The van der Waals surface area contributed by atoms with Gasteiger partial charge in [-0.05, 0) is 59.7 Å². The van der Waals surface area contributed by atoms with Gasteiger partial charge < -0.3 is 24.4 Å². The fraction of sp³-hybridized carbons (Fsp3) is 0.107. The molecule has 0 heterocycles. The molecule has 0 atom stereocenters. The van der Waals surface area contributed by atoms with Crippen LogP contribution in [-0.4, -0.2) is 42.0 Å². The van der Waals surface area contributed by atoms with Crippen molar-refractivity contribution in [3.05, 3.63) is 89.5 Å². The molecule has 0 unspecified atom stereocenters. The summed E-state index contributed by atoms with van der Waals surface area (Å²) >= 11 is 0. The Labute approximate surface area is 207 Å². The van der Waals surface area contributed by atoms with Crippen LogP contribution in [-0.2, 0) is 9.59 Å². The average molecular weight is 488 g/mol. The van der Waals surface area contributed by atoms with Gasteiger partial charge in [-0.1, -0.05) is 36.4 Å². The number of rotatable bonds is 10. The Kier molecular flexibility index (Phi) is 8.61. The van der Waals surface area contributed by atoms with E-state index >= 15 is 0 Å². The lowest BCUT2D eigenvalue weighted by Gasteiger charge is -2.10. The molecule has 0 spiro atoms. The molecule has 0 radical (unpaired) electrons. The zero-order chi connectivity index (χ0) is 26.1. The highest BCUT2D eigenvalue weighted by Gasteiger charge is 2.16. The second kappa shape index (κ2) is 12.0. The third-order valence-electron chi connectivity index (χ3n) is 4.99. The molecule has 8 heteroatoms. The van der Waals surface area contributed by atoms with E-state index in [4.69, 9.17) is 14.2 Å². The van der Waals surface area contributed by atoms with Crippen molar-refractivity contribution in [1.82, 2.24) is 0 Å². The standard InChI is InChI=1S/C28H24O8/c1-34-26-15-18(9-13-24(26)32)7-11-20(29)17-21(30)12-8-19-10-14-25(27(16-19)35-2)36-28(33)22-5-3-4-6-23(22)31/h3-16,31-32H,17H2,1-2H3/b11-7+,12-8+. The van der Waals surface area contributed by atoms with Crippen LogP contribution in [0, 0.1) is 0 Å². The molecule has 3 aromatic carbocycles. The van der Waals surface area contributed by atoms with E-state index in [0.29, 0.717) is 11.1 Å². The van der Waals surface area contributed by atoms with Crippen LogP contribution in [0.25, 0.3) is 12.2 Å². The topological polar surface area (TPSA) is 119 Å². The van der Waals surface area contributed by atoms with Crippen LogP contribution in [0.5, 0.6) is 28.7 Å². The van der Waals surface area contributed by atoms with Gasteiger partial charge in [0.25, 0.3) is 0 Å². The molecular weight excluding hydrogens is 464 g/mol. The Morgan fingerprint density at radius 2 is 1.31 bits per heavy atom. The van der Waals surface area contributed by atoms with Crippen molar-refractivity contribution < 1.29 is 38.8 Å². The number of phenolic OH excluding ortho intramolecular Hbond substituents is 2. The molecule has 0 saturated carbocycles. The number of esters is 1. The Hall–Kier alpha value is -4.85. The van der Waals surface area contributed by atoms with Crippen LogP contribution >= 0.6 is 0 Å². The van der Waals surface area contributed by atoms with Gasteiger partial charge in [0.1, 0.15) is 11.3 Å². The van der Waals surface area contributed by atoms with Crippen molar-refractivity contribution in [3.8, 4) is 28.7 Å². The summed E-state index contributed by atoms with van der Waals surface area (Å²) in [6.45, 7) is 0. The number of para-hydroxylation sites is 1. The number of ether oxygens (including phenoxy) is 3. The number of aromatic hydroxyl groups is 2. The van der Waals surface area contributed by atoms with Gasteiger partial charge >= 0.3 is 5.97 Å². The molecule has 3 aromatic rings. The lowest BCUT2D eigenvalue weighted by atomic mass is 10.1. The summed E-state index contributed by atoms with van der Waals surface area (Å²) in [5, 5.41) is 19.4. The Balaban J connectivity index is 1.61. The first-order valence-corrected chi connectivity index (χ1v) is 10.8. The van der Waals surface area contributed by atoms with Crippen LogP contribution in [0.1, 0.15) is 27.9 Å². The Morgan fingerprint density at radius 3 is 1.92 bits per heavy atom. The van der Waals surface area contributed by atoms with Gasteiger partial charge in [-0.2, -0.15) is 0 Å². The minimum Gasteiger partial charge on any atom is -0.507 e. The second-order valence-corrected chi connectivity index (χ2v) is 7.52. The van der Waals surface area contributed by atoms with E-state index in [1.165, 1.54) is 62.8 Å². The SMILES string of the molecule is COc1cc(/C=C/C(=O)CC(=O)/C=C/c2ccc(OC(=O)c3ccccc3O)c(OC)c2)ccc1O. The number of ketones is 2. The predicted octanol–water partition coefficient (Wildman–Crippen LogP) is 4.59. The van der Waals surface area contributed by atoms with E-state index in [9.17, 15) is 24.6 Å². The van der Waals surface area contributed by atoms with E-state index in [1.807, 2.05) is 0 Å². The first-order valence-electron chi connectivity index (χ1n) is 10.8. The summed E-state index contributed by atoms with van der Waals surface area (Å²) in [5.74, 6) is -1.09. The van der Waals surface area contributed by atoms with E-state index < -0.39 is 11.8 Å². The lowest BCUT2D eigenvalue weighted by molar-refractivity contribution is -0.121. The molecule has 0 aliphatic carbocycles. The number of hydrogen-bond donors (Lipinski definition) is 2. The minimum atomic E-state index is -0.748. The largest absolute Gasteiger partial charge is 0.507 e. The predicted molar refractivity (Wildman–Crippen MR) is 133 cm³/mol. The molecule has 2 N–H and O–H groups in total. The highest BCUT2D eigenvalue weighted by Crippen LogP contribution is 2.30. The van der Waals surface area contributed by atoms with Gasteiger partial charge in [-0.3, -0.25) is 9.59 Å². The van der Waals surface area contributed by atoms with E-state index in [1.54, 1.807) is 36.4 Å². The first-order chi connectivity index (χ1) is 17.3. The molecule has 0 amide bonds. The van der Waals surface area contributed by atoms with Crippen molar-refractivity contribution in [2.75, 3.05) is 14.2 Å². The normalized spacial score (nSPS) is 10.9. The molecule has 0 aliphatic rings. The number of phenols is 2. The molecule has 8 nitrogen and oxygen atoms in total. The molecule has 0 aromatic heterocycles. The average Bonchev–Trinajstić information content (AvgIpc) is 2.87. The van der Waals surface area contributed by atoms with Crippen LogP contribution in [0.2, 0.25) is 0 Å². The number of benzene rings is 3. The summed E-state index contributed by atoms with van der Waals surface area (Å²) < 4.78 is 15.6. The van der Waals surface area contributed by atoms with Crippen LogP contribution in [0.3, 0.4) is 0 Å². The fourth-order valence-electron chi connectivity index (χ4n) is 3.14. The molecule has 0 saturated heterocycles. The minimum absolute atomic E-state index is 0.0115. The van der Waals surface area contributed by atoms with Crippen molar-refractivity contribution in [3.63, 3.8) is 0 Å². The van der Waals surface area contributed by atoms with Crippen LogP contribution in [0.15, 0.2) is 72.8 Å². The molecule has 3 rings (SSSR count). The van der Waals surface area contributed by atoms with Crippen molar-refractivity contribution in [2.24, 2.45) is 0 Å². The number of carbonyl (C=O) groups is 3. The zero-order valence-corrected chi connectivity index (χ0v) is 19.6. The maximum atomic E-state index is 12.3. The Morgan fingerprint density at radius 1 is 0.722 bits per heavy atom. The van der Waals surface area contributed by atoms with Crippen LogP contribution < -0.4 is 14.2 Å². The molecule has 184 valence electrons. The first kappa shape index (κ1) is 25.8. The maximum absolute atomic E-state index is 12.3. The second-order valence-electron chi connectivity index (χ2n) is 7.52. The van der Waals surface area contributed by atoms with Crippen molar-refractivity contribution in [1.29, 1.82) is 0 Å². The summed E-state index contributed by atoms with van der Waals surface area (Å²) in [4.78, 5) is 36.7. The quantitative estimate of drug-likeness (QED) is 0.184. The van der Waals surface area contributed by atoms with Gasteiger partial charge in [0.15, 0.2) is 34.6 Å². The number of methoxy groups -OCH3 is 2. The lowest BCUT2D eigenvalue weighted by Crippen LogP contribution is -2.09. The van der Waals surface area contributed by atoms with Crippen molar-refractivity contribution >= 4 is 29.7 Å².